The summed E-state index contributed by atoms with van der Waals surface area (Å²) in [6.07, 6.45) is 0.841. The molecule has 0 saturated carbocycles. The first kappa shape index (κ1) is 20.2. The minimum absolute atomic E-state index is 0.0350. The van der Waals surface area contributed by atoms with Crippen molar-refractivity contribution in [2.45, 2.75) is 12.8 Å². The van der Waals surface area contributed by atoms with E-state index in [0.717, 1.165) is 0 Å². The molecule has 27 heavy (non-hydrogen) atoms. The third-order valence-corrected chi connectivity index (χ3v) is 3.63. The fourth-order valence-electron chi connectivity index (χ4n) is 2.09. The second kappa shape index (κ2) is 10.2. The van der Waals surface area contributed by atoms with Crippen LogP contribution < -0.4 is 14.8 Å². The molecule has 2 aromatic carbocycles. The summed E-state index contributed by atoms with van der Waals surface area (Å²) in [5.74, 6) is 0.544. The van der Waals surface area contributed by atoms with Crippen LogP contribution >= 0.6 is 0 Å². The van der Waals surface area contributed by atoms with Crippen molar-refractivity contribution >= 4 is 17.5 Å². The Bertz CT molecular complexity index is 746. The van der Waals surface area contributed by atoms with Gasteiger partial charge in [0.25, 0.3) is 5.91 Å². The standard InChI is InChI=1S/C20H23FN2O4/c1-23(2)20(25)14-27-18-11-7-16(8-12-18)22-19(24)4-3-13-26-17-9-5-15(21)6-10-17/h5-12H,3-4,13-14H2,1-2H3,(H,22,24). The number of nitrogens with one attached hydrogen (secondary N) is 1. The van der Waals surface area contributed by atoms with E-state index in [-0.39, 0.29) is 24.2 Å². The van der Waals surface area contributed by atoms with Crippen LogP contribution in [-0.4, -0.2) is 44.0 Å². The van der Waals surface area contributed by atoms with Gasteiger partial charge in [-0.25, -0.2) is 4.39 Å². The summed E-state index contributed by atoms with van der Waals surface area (Å²) >= 11 is 0. The number of hydrogen-bond acceptors (Lipinski definition) is 4. The highest BCUT2D eigenvalue weighted by molar-refractivity contribution is 5.90. The molecular weight excluding hydrogens is 351 g/mol. The molecule has 0 aromatic heterocycles. The van der Waals surface area contributed by atoms with E-state index < -0.39 is 0 Å². The number of amides is 2. The van der Waals surface area contributed by atoms with E-state index in [9.17, 15) is 14.0 Å². The second-order valence-corrected chi connectivity index (χ2v) is 6.06. The number of halogens is 1. The van der Waals surface area contributed by atoms with Gasteiger partial charge in [0.05, 0.1) is 6.61 Å². The molecule has 0 bridgehead atoms. The zero-order chi connectivity index (χ0) is 19.6. The summed E-state index contributed by atoms with van der Waals surface area (Å²) in [6, 6.07) is 12.5. The third-order valence-electron chi connectivity index (χ3n) is 3.63. The van der Waals surface area contributed by atoms with Crippen LogP contribution in [0, 0.1) is 5.82 Å². The van der Waals surface area contributed by atoms with Gasteiger partial charge in [0, 0.05) is 26.2 Å². The van der Waals surface area contributed by atoms with E-state index in [1.807, 2.05) is 0 Å². The fraction of sp³-hybridized carbons (Fsp3) is 0.300. The molecule has 0 aliphatic rings. The highest BCUT2D eigenvalue weighted by atomic mass is 19.1. The lowest BCUT2D eigenvalue weighted by molar-refractivity contribution is -0.130. The van der Waals surface area contributed by atoms with E-state index in [1.54, 1.807) is 50.5 Å². The second-order valence-electron chi connectivity index (χ2n) is 6.06. The van der Waals surface area contributed by atoms with Crippen molar-refractivity contribution in [1.82, 2.24) is 4.90 Å². The lowest BCUT2D eigenvalue weighted by Crippen LogP contribution is -2.27. The van der Waals surface area contributed by atoms with Gasteiger partial charge in [0.15, 0.2) is 6.61 Å². The molecule has 144 valence electrons. The minimum Gasteiger partial charge on any atom is -0.494 e. The highest BCUT2D eigenvalue weighted by Crippen LogP contribution is 2.16. The Morgan fingerprint density at radius 1 is 0.963 bits per heavy atom. The van der Waals surface area contributed by atoms with Gasteiger partial charge in [-0.15, -0.1) is 0 Å². The van der Waals surface area contributed by atoms with Gasteiger partial charge in [0.1, 0.15) is 17.3 Å². The van der Waals surface area contributed by atoms with Crippen LogP contribution in [0.3, 0.4) is 0 Å². The quantitative estimate of drug-likeness (QED) is 0.685. The first-order chi connectivity index (χ1) is 12.9. The predicted molar refractivity (Wildman–Crippen MR) is 100 cm³/mol. The Morgan fingerprint density at radius 3 is 2.19 bits per heavy atom. The molecular formula is C20H23FN2O4. The number of carbonyl (C=O) groups excluding carboxylic acids is 2. The first-order valence-corrected chi connectivity index (χ1v) is 8.55. The van der Waals surface area contributed by atoms with Crippen molar-refractivity contribution in [2.75, 3.05) is 32.6 Å². The van der Waals surface area contributed by atoms with Crippen molar-refractivity contribution in [1.29, 1.82) is 0 Å². The number of anilines is 1. The smallest absolute Gasteiger partial charge is 0.259 e. The van der Waals surface area contributed by atoms with Gasteiger partial charge in [0.2, 0.25) is 5.91 Å². The number of likely N-dealkylation sites (N-methyl/N-ethyl adjacent to an activating group) is 1. The molecule has 2 aromatic rings. The summed E-state index contributed by atoms with van der Waals surface area (Å²) in [7, 11) is 3.32. The Kier molecular flexibility index (Phi) is 7.61. The van der Waals surface area contributed by atoms with Crippen molar-refractivity contribution in [3.8, 4) is 11.5 Å². The summed E-state index contributed by atoms with van der Waals surface area (Å²) in [5.41, 5.74) is 0.644. The lowest BCUT2D eigenvalue weighted by Gasteiger charge is -2.12. The van der Waals surface area contributed by atoms with Crippen molar-refractivity contribution in [3.05, 3.63) is 54.3 Å². The highest BCUT2D eigenvalue weighted by Gasteiger charge is 2.06. The maximum Gasteiger partial charge on any atom is 0.259 e. The lowest BCUT2D eigenvalue weighted by atomic mass is 10.2. The molecule has 0 heterocycles. The van der Waals surface area contributed by atoms with Crippen molar-refractivity contribution in [2.24, 2.45) is 0 Å². The molecule has 0 fully saturated rings. The Hall–Kier alpha value is -3.09. The Balaban J connectivity index is 1.67. The molecule has 6 nitrogen and oxygen atoms in total. The number of rotatable bonds is 9. The Morgan fingerprint density at radius 2 is 1.56 bits per heavy atom. The van der Waals surface area contributed by atoms with Crippen LogP contribution in [0.4, 0.5) is 10.1 Å². The Labute approximate surface area is 157 Å². The van der Waals surface area contributed by atoms with Gasteiger partial charge in [-0.3, -0.25) is 9.59 Å². The number of nitrogens with zero attached hydrogens (tertiary/aromatic N) is 1. The molecule has 0 spiro atoms. The van der Waals surface area contributed by atoms with Crippen LogP contribution in [0.2, 0.25) is 0 Å². The van der Waals surface area contributed by atoms with Gasteiger partial charge in [-0.2, -0.15) is 0 Å². The molecule has 0 radical (unpaired) electrons. The van der Waals surface area contributed by atoms with Gasteiger partial charge in [-0.1, -0.05) is 0 Å². The third kappa shape index (κ3) is 7.35. The van der Waals surface area contributed by atoms with E-state index >= 15 is 0 Å². The van der Waals surface area contributed by atoms with Crippen LogP contribution in [-0.2, 0) is 9.59 Å². The summed E-state index contributed by atoms with van der Waals surface area (Å²) in [4.78, 5) is 24.9. The maximum atomic E-state index is 12.8. The molecule has 0 atom stereocenters. The molecule has 2 amide bonds. The number of benzene rings is 2. The summed E-state index contributed by atoms with van der Waals surface area (Å²) < 4.78 is 23.6. The molecule has 1 N–H and O–H groups in total. The SMILES string of the molecule is CN(C)C(=O)COc1ccc(NC(=O)CCCOc2ccc(F)cc2)cc1. The van der Waals surface area contributed by atoms with E-state index in [4.69, 9.17) is 9.47 Å². The normalized spacial score (nSPS) is 10.2. The average Bonchev–Trinajstić information content (AvgIpc) is 2.65. The monoisotopic (exact) mass is 374 g/mol. The maximum absolute atomic E-state index is 12.8. The van der Waals surface area contributed by atoms with E-state index in [0.29, 0.717) is 36.6 Å². The van der Waals surface area contributed by atoms with Crippen LogP contribution in [0.5, 0.6) is 11.5 Å². The van der Waals surface area contributed by atoms with Crippen molar-refractivity contribution < 1.29 is 23.5 Å². The molecule has 0 aliphatic carbocycles. The molecule has 2 rings (SSSR count). The zero-order valence-electron chi connectivity index (χ0n) is 15.4. The number of ether oxygens (including phenoxy) is 2. The van der Waals surface area contributed by atoms with Crippen LogP contribution in [0.15, 0.2) is 48.5 Å². The average molecular weight is 374 g/mol. The summed E-state index contributed by atoms with van der Waals surface area (Å²) in [5, 5.41) is 2.78. The molecule has 0 saturated heterocycles. The van der Waals surface area contributed by atoms with E-state index in [1.165, 1.54) is 17.0 Å². The van der Waals surface area contributed by atoms with Crippen molar-refractivity contribution in [3.63, 3.8) is 0 Å². The molecule has 0 unspecified atom stereocenters. The first-order valence-electron chi connectivity index (χ1n) is 8.55. The number of hydrogen-bond donors (Lipinski definition) is 1. The number of carbonyl (C=O) groups is 2. The fourth-order valence-corrected chi connectivity index (χ4v) is 2.09. The van der Waals surface area contributed by atoms with Gasteiger partial charge >= 0.3 is 0 Å². The topological polar surface area (TPSA) is 67.9 Å². The van der Waals surface area contributed by atoms with Gasteiger partial charge < -0.3 is 19.7 Å². The van der Waals surface area contributed by atoms with E-state index in [2.05, 4.69) is 5.32 Å². The summed E-state index contributed by atoms with van der Waals surface area (Å²) in [6.45, 7) is 0.332. The van der Waals surface area contributed by atoms with Crippen LogP contribution in [0.1, 0.15) is 12.8 Å². The van der Waals surface area contributed by atoms with Gasteiger partial charge in [-0.05, 0) is 55.0 Å². The molecule has 7 heteroatoms. The largest absolute Gasteiger partial charge is 0.494 e. The zero-order valence-corrected chi connectivity index (χ0v) is 15.4. The predicted octanol–water partition coefficient (Wildman–Crippen LogP) is 3.09. The minimum atomic E-state index is -0.317. The van der Waals surface area contributed by atoms with Crippen LogP contribution in [0.25, 0.3) is 0 Å². The molecule has 0 aliphatic heterocycles.